The molecule has 4 heteroatoms. The Kier molecular flexibility index (Phi) is 2.26. The fraction of sp³-hybridized carbons (Fsp3) is 0.889. The molecule has 2 atom stereocenters. The minimum Gasteiger partial charge on any atom is -0.469 e. The first-order valence-electron chi connectivity index (χ1n) is 4.79. The largest absolute Gasteiger partial charge is 0.469 e. The van der Waals surface area contributed by atoms with Crippen LogP contribution in [-0.2, 0) is 9.53 Å². The highest BCUT2D eigenvalue weighted by Gasteiger charge is 2.50. The summed E-state index contributed by atoms with van der Waals surface area (Å²) in [5.74, 6) is 0.373. The molecule has 0 spiro atoms. The highest BCUT2D eigenvalue weighted by molar-refractivity contribution is 5.78. The quantitative estimate of drug-likeness (QED) is 0.532. The Morgan fingerprint density at radius 2 is 2.23 bits per heavy atom. The zero-order chi connectivity index (χ0) is 9.31. The first-order valence-corrected chi connectivity index (χ1v) is 4.79. The summed E-state index contributed by atoms with van der Waals surface area (Å²) in [6.45, 7) is 3.57. The van der Waals surface area contributed by atoms with Gasteiger partial charge in [0.25, 0.3) is 0 Å². The summed E-state index contributed by atoms with van der Waals surface area (Å²) >= 11 is 0. The van der Waals surface area contributed by atoms with Gasteiger partial charge in [-0.2, -0.15) is 0 Å². The van der Waals surface area contributed by atoms with Crippen molar-refractivity contribution in [2.45, 2.75) is 6.42 Å². The molecule has 2 aliphatic rings. The van der Waals surface area contributed by atoms with Gasteiger partial charge >= 0.3 is 5.97 Å². The molecule has 0 amide bonds. The average molecular weight is 184 g/mol. The van der Waals surface area contributed by atoms with Crippen LogP contribution in [0.1, 0.15) is 6.42 Å². The van der Waals surface area contributed by atoms with E-state index in [1.165, 1.54) is 7.11 Å². The van der Waals surface area contributed by atoms with Gasteiger partial charge in [0.15, 0.2) is 0 Å². The second-order valence-electron chi connectivity index (χ2n) is 3.93. The second-order valence-corrected chi connectivity index (χ2v) is 3.93. The third-order valence-electron chi connectivity index (χ3n) is 3.34. The van der Waals surface area contributed by atoms with Crippen LogP contribution in [0.15, 0.2) is 0 Å². The smallest absolute Gasteiger partial charge is 0.313 e. The number of esters is 1. The lowest BCUT2D eigenvalue weighted by Gasteiger charge is -2.36. The fourth-order valence-corrected chi connectivity index (χ4v) is 2.50. The lowest BCUT2D eigenvalue weighted by molar-refractivity contribution is -0.155. The molecule has 0 saturated carbocycles. The maximum Gasteiger partial charge on any atom is 0.313 e. The molecule has 2 heterocycles. The highest BCUT2D eigenvalue weighted by Crippen LogP contribution is 2.37. The summed E-state index contributed by atoms with van der Waals surface area (Å²) in [5.41, 5.74) is -0.236. The number of ether oxygens (including phenoxy) is 1. The van der Waals surface area contributed by atoms with Crippen LogP contribution in [0.2, 0.25) is 0 Å². The number of hydrogen-bond acceptors (Lipinski definition) is 4. The Hall–Kier alpha value is -0.610. The molecule has 0 aliphatic carbocycles. The molecule has 0 aromatic carbocycles. The Morgan fingerprint density at radius 1 is 1.46 bits per heavy atom. The van der Waals surface area contributed by atoms with E-state index in [1.807, 2.05) is 0 Å². The minimum absolute atomic E-state index is 0.0380. The monoisotopic (exact) mass is 184 g/mol. The van der Waals surface area contributed by atoms with Crippen LogP contribution in [0.25, 0.3) is 0 Å². The van der Waals surface area contributed by atoms with Gasteiger partial charge in [-0.15, -0.1) is 0 Å². The number of piperidine rings is 1. The van der Waals surface area contributed by atoms with E-state index in [9.17, 15) is 4.79 Å². The fourth-order valence-electron chi connectivity index (χ4n) is 2.50. The number of carbonyl (C=O) groups excluding carboxylic acids is 1. The van der Waals surface area contributed by atoms with Crippen LogP contribution in [0.5, 0.6) is 0 Å². The standard InChI is InChI=1S/C9H16N2O2/c1-13-8(12)9-2-3-10-4-7(9)5-11-6-9/h7,10-11H,2-6H2,1H3. The van der Waals surface area contributed by atoms with Crippen molar-refractivity contribution >= 4 is 5.97 Å². The SMILES string of the molecule is COC(=O)C12CCNCC1CNC2. The number of fused-ring (bicyclic) bond motifs is 1. The molecule has 4 nitrogen and oxygen atoms in total. The van der Waals surface area contributed by atoms with Crippen molar-refractivity contribution in [2.75, 3.05) is 33.3 Å². The van der Waals surface area contributed by atoms with Crippen molar-refractivity contribution in [3.63, 3.8) is 0 Å². The van der Waals surface area contributed by atoms with Crippen molar-refractivity contribution < 1.29 is 9.53 Å². The van der Waals surface area contributed by atoms with Gasteiger partial charge in [-0.05, 0) is 13.0 Å². The Bertz CT molecular complexity index is 220. The number of nitrogens with one attached hydrogen (secondary N) is 2. The van der Waals surface area contributed by atoms with Crippen LogP contribution < -0.4 is 10.6 Å². The molecule has 2 aliphatic heterocycles. The second kappa shape index (κ2) is 3.27. The molecular weight excluding hydrogens is 168 g/mol. The van der Waals surface area contributed by atoms with Crippen LogP contribution in [0.4, 0.5) is 0 Å². The molecule has 74 valence electrons. The molecule has 2 saturated heterocycles. The number of rotatable bonds is 1. The first kappa shape index (κ1) is 8.97. The lowest BCUT2D eigenvalue weighted by atomic mass is 9.73. The van der Waals surface area contributed by atoms with Gasteiger partial charge in [0, 0.05) is 25.6 Å². The third-order valence-corrected chi connectivity index (χ3v) is 3.34. The van der Waals surface area contributed by atoms with Gasteiger partial charge < -0.3 is 15.4 Å². The summed E-state index contributed by atoms with van der Waals surface area (Å²) < 4.78 is 4.89. The Morgan fingerprint density at radius 3 is 3.00 bits per heavy atom. The molecule has 2 unspecified atom stereocenters. The lowest BCUT2D eigenvalue weighted by Crippen LogP contribution is -2.49. The van der Waals surface area contributed by atoms with E-state index >= 15 is 0 Å². The topological polar surface area (TPSA) is 50.4 Å². The molecule has 0 bridgehead atoms. The van der Waals surface area contributed by atoms with E-state index in [-0.39, 0.29) is 11.4 Å². The van der Waals surface area contributed by atoms with Crippen molar-refractivity contribution in [2.24, 2.45) is 11.3 Å². The highest BCUT2D eigenvalue weighted by atomic mass is 16.5. The average Bonchev–Trinajstić information content (AvgIpc) is 2.61. The molecule has 13 heavy (non-hydrogen) atoms. The molecule has 2 rings (SSSR count). The van der Waals surface area contributed by atoms with Gasteiger partial charge in [0.2, 0.25) is 0 Å². The van der Waals surface area contributed by atoms with Gasteiger partial charge in [0.05, 0.1) is 12.5 Å². The summed E-state index contributed by atoms with van der Waals surface area (Å²) in [6.07, 6.45) is 0.900. The first-order chi connectivity index (χ1) is 6.29. The molecule has 2 fully saturated rings. The minimum atomic E-state index is -0.236. The summed E-state index contributed by atoms with van der Waals surface area (Å²) in [6, 6.07) is 0. The zero-order valence-electron chi connectivity index (χ0n) is 7.93. The van der Waals surface area contributed by atoms with E-state index in [2.05, 4.69) is 10.6 Å². The van der Waals surface area contributed by atoms with Crippen LogP contribution in [0, 0.1) is 11.3 Å². The van der Waals surface area contributed by atoms with Gasteiger partial charge in [-0.3, -0.25) is 4.79 Å². The molecule has 0 radical (unpaired) electrons. The van der Waals surface area contributed by atoms with E-state index in [0.717, 1.165) is 32.6 Å². The van der Waals surface area contributed by atoms with Crippen molar-refractivity contribution in [3.05, 3.63) is 0 Å². The van der Waals surface area contributed by atoms with Crippen molar-refractivity contribution in [3.8, 4) is 0 Å². The summed E-state index contributed by atoms with van der Waals surface area (Å²) in [4.78, 5) is 11.7. The van der Waals surface area contributed by atoms with Gasteiger partial charge in [0.1, 0.15) is 0 Å². The maximum absolute atomic E-state index is 11.7. The summed E-state index contributed by atoms with van der Waals surface area (Å²) in [5, 5.41) is 6.59. The van der Waals surface area contributed by atoms with Gasteiger partial charge in [-0.1, -0.05) is 0 Å². The summed E-state index contributed by atoms with van der Waals surface area (Å²) in [7, 11) is 1.48. The number of carbonyl (C=O) groups is 1. The number of hydrogen-bond donors (Lipinski definition) is 2. The number of methoxy groups -OCH3 is 1. The van der Waals surface area contributed by atoms with Gasteiger partial charge in [-0.25, -0.2) is 0 Å². The van der Waals surface area contributed by atoms with E-state index < -0.39 is 0 Å². The predicted molar refractivity (Wildman–Crippen MR) is 48.3 cm³/mol. The molecule has 2 N–H and O–H groups in total. The molecule has 0 aromatic rings. The Labute approximate surface area is 78.0 Å². The Balaban J connectivity index is 2.20. The van der Waals surface area contributed by atoms with E-state index in [1.54, 1.807) is 0 Å². The van der Waals surface area contributed by atoms with Crippen molar-refractivity contribution in [1.29, 1.82) is 0 Å². The van der Waals surface area contributed by atoms with Crippen LogP contribution in [-0.4, -0.2) is 39.3 Å². The maximum atomic E-state index is 11.7. The normalized spacial score (nSPS) is 38.4. The molecular formula is C9H16N2O2. The van der Waals surface area contributed by atoms with E-state index in [0.29, 0.717) is 5.92 Å². The van der Waals surface area contributed by atoms with Crippen LogP contribution in [0.3, 0.4) is 0 Å². The zero-order valence-corrected chi connectivity index (χ0v) is 7.93. The predicted octanol–water partition coefficient (Wildman–Crippen LogP) is -0.641. The van der Waals surface area contributed by atoms with E-state index in [4.69, 9.17) is 4.74 Å². The van der Waals surface area contributed by atoms with Crippen molar-refractivity contribution in [1.82, 2.24) is 10.6 Å². The van der Waals surface area contributed by atoms with Crippen LogP contribution >= 0.6 is 0 Å². The third kappa shape index (κ3) is 1.25. The molecule has 0 aromatic heterocycles.